The summed E-state index contributed by atoms with van der Waals surface area (Å²) >= 11 is 11.3. The number of benzene rings is 1. The Morgan fingerprint density at radius 1 is 1.42 bits per heavy atom. The standard InChI is InChI=1S/C13H17Cl2NO3/c1-10(13(17)16-6-8-18-7-5-14)19-12-4-2-3-11(15)9-12/h2-4,9-10H,5-8H2,1H3,(H,16,17). The highest BCUT2D eigenvalue weighted by molar-refractivity contribution is 6.30. The lowest BCUT2D eigenvalue weighted by Gasteiger charge is -2.14. The second-order valence-electron chi connectivity index (χ2n) is 3.81. The molecule has 1 rings (SSSR count). The van der Waals surface area contributed by atoms with Gasteiger partial charge in [-0.1, -0.05) is 17.7 Å². The van der Waals surface area contributed by atoms with E-state index in [1.807, 2.05) is 0 Å². The molecule has 106 valence electrons. The van der Waals surface area contributed by atoms with Crippen molar-refractivity contribution >= 4 is 29.1 Å². The first-order valence-corrected chi connectivity index (χ1v) is 6.88. The molecule has 1 amide bonds. The number of alkyl halides is 1. The van der Waals surface area contributed by atoms with Gasteiger partial charge >= 0.3 is 0 Å². The smallest absolute Gasteiger partial charge is 0.260 e. The molecule has 0 aliphatic heterocycles. The summed E-state index contributed by atoms with van der Waals surface area (Å²) in [6.45, 7) is 3.02. The average Bonchev–Trinajstić information content (AvgIpc) is 2.38. The second-order valence-corrected chi connectivity index (χ2v) is 4.62. The molecule has 0 fully saturated rings. The van der Waals surface area contributed by atoms with Gasteiger partial charge in [0.1, 0.15) is 5.75 Å². The minimum absolute atomic E-state index is 0.200. The van der Waals surface area contributed by atoms with Crippen LogP contribution in [-0.2, 0) is 9.53 Å². The van der Waals surface area contributed by atoms with Crippen LogP contribution in [0.2, 0.25) is 5.02 Å². The van der Waals surface area contributed by atoms with E-state index in [-0.39, 0.29) is 5.91 Å². The normalized spacial score (nSPS) is 11.9. The molecule has 0 bridgehead atoms. The molecular formula is C13H17Cl2NO3. The van der Waals surface area contributed by atoms with Gasteiger partial charge in [-0.15, -0.1) is 11.6 Å². The van der Waals surface area contributed by atoms with Crippen LogP contribution in [-0.4, -0.2) is 37.6 Å². The SMILES string of the molecule is CC(Oc1cccc(Cl)c1)C(=O)NCCOCCCl. The summed E-state index contributed by atoms with van der Waals surface area (Å²) in [7, 11) is 0. The van der Waals surface area contributed by atoms with Gasteiger partial charge in [0, 0.05) is 17.4 Å². The molecule has 0 spiro atoms. The van der Waals surface area contributed by atoms with Crippen molar-refractivity contribution < 1.29 is 14.3 Å². The number of ether oxygens (including phenoxy) is 2. The van der Waals surface area contributed by atoms with E-state index in [4.69, 9.17) is 32.7 Å². The molecule has 0 heterocycles. The summed E-state index contributed by atoms with van der Waals surface area (Å²) in [4.78, 5) is 11.7. The first kappa shape index (κ1) is 16.1. The zero-order valence-electron chi connectivity index (χ0n) is 10.7. The van der Waals surface area contributed by atoms with Crippen LogP contribution in [0.5, 0.6) is 5.75 Å². The van der Waals surface area contributed by atoms with Crippen LogP contribution in [0.3, 0.4) is 0 Å². The van der Waals surface area contributed by atoms with Crippen molar-refractivity contribution in [2.75, 3.05) is 25.6 Å². The third-order valence-electron chi connectivity index (χ3n) is 2.25. The van der Waals surface area contributed by atoms with Gasteiger partial charge in [0.2, 0.25) is 0 Å². The molecule has 6 heteroatoms. The number of amides is 1. The molecule has 0 saturated heterocycles. The topological polar surface area (TPSA) is 47.6 Å². The number of hydrogen-bond acceptors (Lipinski definition) is 3. The van der Waals surface area contributed by atoms with Crippen molar-refractivity contribution in [3.63, 3.8) is 0 Å². The van der Waals surface area contributed by atoms with Gasteiger partial charge in [-0.25, -0.2) is 0 Å². The van der Waals surface area contributed by atoms with Gasteiger partial charge < -0.3 is 14.8 Å². The molecule has 0 aliphatic rings. The minimum Gasteiger partial charge on any atom is -0.481 e. The Balaban J connectivity index is 2.28. The van der Waals surface area contributed by atoms with Crippen LogP contribution >= 0.6 is 23.2 Å². The van der Waals surface area contributed by atoms with Crippen molar-refractivity contribution in [2.45, 2.75) is 13.0 Å². The van der Waals surface area contributed by atoms with E-state index in [2.05, 4.69) is 5.32 Å². The summed E-state index contributed by atoms with van der Waals surface area (Å²) in [5, 5.41) is 3.28. The first-order valence-electron chi connectivity index (χ1n) is 5.97. The lowest BCUT2D eigenvalue weighted by atomic mass is 10.3. The maximum absolute atomic E-state index is 11.7. The summed E-state index contributed by atoms with van der Waals surface area (Å²) in [5.41, 5.74) is 0. The van der Waals surface area contributed by atoms with Crippen LogP contribution in [0, 0.1) is 0 Å². The molecule has 19 heavy (non-hydrogen) atoms. The number of carbonyl (C=O) groups is 1. The Hall–Kier alpha value is -0.970. The number of hydrogen-bond donors (Lipinski definition) is 1. The van der Waals surface area contributed by atoms with Crippen LogP contribution in [0.25, 0.3) is 0 Å². The van der Waals surface area contributed by atoms with Gasteiger partial charge in [0.25, 0.3) is 5.91 Å². The van der Waals surface area contributed by atoms with E-state index in [0.29, 0.717) is 36.4 Å². The molecular weight excluding hydrogens is 289 g/mol. The van der Waals surface area contributed by atoms with Gasteiger partial charge in [-0.2, -0.15) is 0 Å². The molecule has 4 nitrogen and oxygen atoms in total. The summed E-state index contributed by atoms with van der Waals surface area (Å²) in [6.07, 6.45) is -0.591. The van der Waals surface area contributed by atoms with E-state index in [1.54, 1.807) is 31.2 Å². The van der Waals surface area contributed by atoms with Gasteiger partial charge in [-0.05, 0) is 25.1 Å². The van der Waals surface area contributed by atoms with E-state index in [0.717, 1.165) is 0 Å². The Bertz CT molecular complexity index is 401. The molecule has 0 aromatic heterocycles. The molecule has 1 unspecified atom stereocenters. The van der Waals surface area contributed by atoms with Crippen LogP contribution < -0.4 is 10.1 Å². The fourth-order valence-corrected chi connectivity index (χ4v) is 1.63. The van der Waals surface area contributed by atoms with E-state index >= 15 is 0 Å². The third kappa shape index (κ3) is 6.66. The summed E-state index contributed by atoms with van der Waals surface area (Å²) < 4.78 is 10.6. The fraction of sp³-hybridized carbons (Fsp3) is 0.462. The minimum atomic E-state index is -0.591. The van der Waals surface area contributed by atoms with Crippen LogP contribution in [0.4, 0.5) is 0 Å². The molecule has 1 atom stereocenters. The fourth-order valence-electron chi connectivity index (χ4n) is 1.34. The van der Waals surface area contributed by atoms with Crippen molar-refractivity contribution in [1.82, 2.24) is 5.32 Å². The van der Waals surface area contributed by atoms with E-state index < -0.39 is 6.10 Å². The average molecular weight is 306 g/mol. The molecule has 1 N–H and O–H groups in total. The number of rotatable bonds is 8. The maximum Gasteiger partial charge on any atom is 0.260 e. The highest BCUT2D eigenvalue weighted by Crippen LogP contribution is 2.18. The summed E-state index contributed by atoms with van der Waals surface area (Å²) in [6, 6.07) is 6.92. The lowest BCUT2D eigenvalue weighted by molar-refractivity contribution is -0.127. The zero-order valence-corrected chi connectivity index (χ0v) is 12.2. The Morgan fingerprint density at radius 3 is 2.89 bits per heavy atom. The van der Waals surface area contributed by atoms with Crippen molar-refractivity contribution in [1.29, 1.82) is 0 Å². The van der Waals surface area contributed by atoms with Crippen molar-refractivity contribution in [3.05, 3.63) is 29.3 Å². The molecule has 1 aromatic rings. The summed E-state index contributed by atoms with van der Waals surface area (Å²) in [5.74, 6) is 0.811. The largest absolute Gasteiger partial charge is 0.481 e. The predicted molar refractivity (Wildman–Crippen MR) is 76.1 cm³/mol. The lowest BCUT2D eigenvalue weighted by Crippen LogP contribution is -2.38. The maximum atomic E-state index is 11.7. The van der Waals surface area contributed by atoms with Gasteiger partial charge in [0.05, 0.1) is 13.2 Å². The Morgan fingerprint density at radius 2 is 2.21 bits per heavy atom. The third-order valence-corrected chi connectivity index (χ3v) is 2.63. The van der Waals surface area contributed by atoms with Gasteiger partial charge in [0.15, 0.2) is 6.10 Å². The van der Waals surface area contributed by atoms with Crippen LogP contribution in [0.15, 0.2) is 24.3 Å². The highest BCUT2D eigenvalue weighted by atomic mass is 35.5. The first-order chi connectivity index (χ1) is 9.13. The number of halogens is 2. The molecule has 0 saturated carbocycles. The molecule has 1 aromatic carbocycles. The van der Waals surface area contributed by atoms with Gasteiger partial charge in [-0.3, -0.25) is 4.79 Å². The zero-order chi connectivity index (χ0) is 14.1. The van der Waals surface area contributed by atoms with E-state index in [9.17, 15) is 4.79 Å². The number of carbonyl (C=O) groups excluding carboxylic acids is 1. The number of nitrogens with one attached hydrogen (secondary N) is 1. The van der Waals surface area contributed by atoms with Crippen molar-refractivity contribution in [2.24, 2.45) is 0 Å². The monoisotopic (exact) mass is 305 g/mol. The second kappa shape index (κ2) is 9.02. The van der Waals surface area contributed by atoms with Crippen LogP contribution in [0.1, 0.15) is 6.92 Å². The molecule has 0 aliphatic carbocycles. The van der Waals surface area contributed by atoms with E-state index in [1.165, 1.54) is 0 Å². The Labute approximate surface area is 123 Å². The highest BCUT2D eigenvalue weighted by Gasteiger charge is 2.13. The van der Waals surface area contributed by atoms with Crippen molar-refractivity contribution in [3.8, 4) is 5.75 Å². The molecule has 0 radical (unpaired) electrons. The quantitative estimate of drug-likeness (QED) is 0.593. The predicted octanol–water partition coefficient (Wildman–Crippen LogP) is 2.48. The Kier molecular flexibility index (Phi) is 7.63.